The van der Waals surface area contributed by atoms with Crippen molar-refractivity contribution in [1.29, 1.82) is 0 Å². The molecule has 12 nitrogen and oxygen atoms in total. The third kappa shape index (κ3) is 6.73. The number of H-pyrrole nitrogens is 1. The molecule has 2 aromatic rings. The summed E-state index contributed by atoms with van der Waals surface area (Å²) in [5.74, 6) is 0.810. The predicted octanol–water partition coefficient (Wildman–Crippen LogP) is 1.26. The van der Waals surface area contributed by atoms with Gasteiger partial charge in [0, 0.05) is 51.0 Å². The number of aromatic amines is 1. The highest BCUT2D eigenvalue weighted by Crippen LogP contribution is 2.26. The lowest BCUT2D eigenvalue weighted by Gasteiger charge is -2.41. The van der Waals surface area contributed by atoms with Gasteiger partial charge >= 0.3 is 6.03 Å². The number of ether oxygens (including phenoxy) is 2. The first-order valence-electron chi connectivity index (χ1n) is 14.1. The molecule has 0 saturated carbocycles. The van der Waals surface area contributed by atoms with E-state index in [1.807, 2.05) is 26.0 Å². The van der Waals surface area contributed by atoms with Crippen molar-refractivity contribution in [3.63, 3.8) is 0 Å². The number of hydrogen-bond donors (Lipinski definition) is 4. The third-order valence-corrected chi connectivity index (χ3v) is 7.60. The van der Waals surface area contributed by atoms with Gasteiger partial charge in [-0.2, -0.15) is 0 Å². The van der Waals surface area contributed by atoms with Crippen molar-refractivity contribution in [2.24, 2.45) is 0 Å². The topological polar surface area (TPSA) is 141 Å². The summed E-state index contributed by atoms with van der Waals surface area (Å²) in [5, 5.41) is 8.93. The zero-order valence-corrected chi connectivity index (χ0v) is 23.1. The normalized spacial score (nSPS) is 26.1. The van der Waals surface area contributed by atoms with Crippen LogP contribution in [-0.4, -0.2) is 101 Å². The molecule has 2 saturated heterocycles. The molecule has 0 unspecified atom stereocenters. The number of carbonyl (C=O) groups excluding carboxylic acids is 3. The number of aromatic nitrogens is 2. The number of rotatable bonds is 4. The fourth-order valence-electron chi connectivity index (χ4n) is 5.59. The summed E-state index contributed by atoms with van der Waals surface area (Å²) < 4.78 is 12.5. The third-order valence-electron chi connectivity index (χ3n) is 7.60. The number of para-hydroxylation sites is 1. The lowest BCUT2D eigenvalue weighted by atomic mass is 9.96. The van der Waals surface area contributed by atoms with Gasteiger partial charge in [0.25, 0.3) is 5.91 Å². The number of amides is 4. The summed E-state index contributed by atoms with van der Waals surface area (Å²) in [7, 11) is 0. The SMILES string of the molecule is CC(C)NC(=O)N[C@@H]1CC[C@H]2CCOc3ccccc3C(=O)N3CCN(Cc4ncc[nH]4)C[C@H]3C(=O)NC[C@H]1O2. The average Bonchev–Trinajstić information content (AvgIpc) is 3.45. The average molecular weight is 554 g/mol. The summed E-state index contributed by atoms with van der Waals surface area (Å²) in [6, 6.07) is 5.95. The van der Waals surface area contributed by atoms with Crippen molar-refractivity contribution in [1.82, 2.24) is 35.7 Å². The number of fused-ring (bicyclic) bond motifs is 4. The molecule has 4 heterocycles. The number of urea groups is 1. The monoisotopic (exact) mass is 553 g/mol. The molecule has 4 N–H and O–H groups in total. The van der Waals surface area contributed by atoms with Crippen molar-refractivity contribution >= 4 is 17.8 Å². The molecule has 12 heteroatoms. The summed E-state index contributed by atoms with van der Waals surface area (Å²) in [6.07, 6.45) is 5.06. The van der Waals surface area contributed by atoms with Crippen LogP contribution in [0.3, 0.4) is 0 Å². The Morgan fingerprint density at radius 3 is 2.83 bits per heavy atom. The molecule has 4 amide bonds. The summed E-state index contributed by atoms with van der Waals surface area (Å²) >= 11 is 0. The Balaban J connectivity index is 1.38. The van der Waals surface area contributed by atoms with E-state index >= 15 is 0 Å². The van der Waals surface area contributed by atoms with Gasteiger partial charge in [0.05, 0.1) is 37.0 Å². The van der Waals surface area contributed by atoms with Crippen LogP contribution in [0.25, 0.3) is 0 Å². The zero-order chi connectivity index (χ0) is 28.1. The lowest BCUT2D eigenvalue weighted by Crippen LogP contribution is -2.62. The van der Waals surface area contributed by atoms with Gasteiger partial charge in [0.1, 0.15) is 17.6 Å². The van der Waals surface area contributed by atoms with E-state index in [2.05, 4.69) is 30.8 Å². The number of imidazole rings is 1. The second kappa shape index (κ2) is 12.7. The molecule has 0 radical (unpaired) electrons. The first-order valence-corrected chi connectivity index (χ1v) is 14.1. The standard InChI is InChI=1S/C28H39N7O5/c1-18(2)32-28(38)33-21-8-7-19-9-14-39-23-6-4-3-5-20(23)27(37)35-13-12-34(17-25-29-10-11-30-25)16-22(35)26(36)31-15-24(21)40-19/h3-6,10-11,18-19,21-22,24H,7-9,12-17H2,1-2H3,(H,29,30)(H,31,36)(H2,32,33,38)/t19-,21+,22-,24+/m0/s1. The Morgan fingerprint density at radius 2 is 2.02 bits per heavy atom. The van der Waals surface area contributed by atoms with Crippen LogP contribution in [0.15, 0.2) is 36.7 Å². The molecule has 1 aromatic carbocycles. The molecular formula is C28H39N7O5. The van der Waals surface area contributed by atoms with Crippen molar-refractivity contribution < 1.29 is 23.9 Å². The molecule has 4 atom stereocenters. The van der Waals surface area contributed by atoms with Crippen LogP contribution in [0.2, 0.25) is 0 Å². The van der Waals surface area contributed by atoms with Gasteiger partial charge in [-0.1, -0.05) is 12.1 Å². The molecule has 2 bridgehead atoms. The zero-order valence-electron chi connectivity index (χ0n) is 23.1. The van der Waals surface area contributed by atoms with Gasteiger partial charge < -0.3 is 35.3 Å². The number of nitrogens with zero attached hydrogens (tertiary/aromatic N) is 3. The van der Waals surface area contributed by atoms with Gasteiger partial charge in [-0.3, -0.25) is 14.5 Å². The molecular weight excluding hydrogens is 514 g/mol. The van der Waals surface area contributed by atoms with Gasteiger partial charge in [0.2, 0.25) is 5.91 Å². The van der Waals surface area contributed by atoms with E-state index in [-0.39, 0.29) is 42.6 Å². The second-order valence-electron chi connectivity index (χ2n) is 10.9. The predicted molar refractivity (Wildman–Crippen MR) is 147 cm³/mol. The number of nitrogens with one attached hydrogen (secondary N) is 4. The first-order chi connectivity index (χ1) is 19.4. The maximum Gasteiger partial charge on any atom is 0.315 e. The molecule has 5 rings (SSSR count). The lowest BCUT2D eigenvalue weighted by molar-refractivity contribution is -0.130. The van der Waals surface area contributed by atoms with Crippen molar-refractivity contribution in [3.05, 3.63) is 48.0 Å². The van der Waals surface area contributed by atoms with Crippen molar-refractivity contribution in [3.8, 4) is 5.75 Å². The highest BCUT2D eigenvalue weighted by molar-refractivity contribution is 6.00. The van der Waals surface area contributed by atoms with E-state index in [9.17, 15) is 14.4 Å². The summed E-state index contributed by atoms with van der Waals surface area (Å²) in [4.78, 5) is 51.2. The van der Waals surface area contributed by atoms with Crippen molar-refractivity contribution in [2.45, 2.75) is 70.0 Å². The van der Waals surface area contributed by atoms with E-state index in [0.29, 0.717) is 50.5 Å². The Kier molecular flexibility index (Phi) is 8.85. The van der Waals surface area contributed by atoms with Crippen LogP contribution in [0.4, 0.5) is 4.79 Å². The second-order valence-corrected chi connectivity index (χ2v) is 10.9. The van der Waals surface area contributed by atoms with Gasteiger partial charge in [-0.25, -0.2) is 9.78 Å². The van der Waals surface area contributed by atoms with Crippen molar-refractivity contribution in [2.75, 3.05) is 32.8 Å². The molecule has 216 valence electrons. The molecule has 3 aliphatic rings. The van der Waals surface area contributed by atoms with Crippen LogP contribution >= 0.6 is 0 Å². The van der Waals surface area contributed by atoms with E-state index in [1.165, 1.54) is 0 Å². The minimum absolute atomic E-state index is 0.0000699. The largest absolute Gasteiger partial charge is 0.493 e. The van der Waals surface area contributed by atoms with Crippen LogP contribution < -0.4 is 20.7 Å². The molecule has 0 aliphatic carbocycles. The Labute approximate surface area is 234 Å². The van der Waals surface area contributed by atoms with E-state index in [4.69, 9.17) is 9.47 Å². The number of piperazine rings is 1. The van der Waals surface area contributed by atoms with Gasteiger partial charge in [0.15, 0.2) is 0 Å². The highest BCUT2D eigenvalue weighted by Gasteiger charge is 2.39. The highest BCUT2D eigenvalue weighted by atomic mass is 16.5. The smallest absolute Gasteiger partial charge is 0.315 e. The van der Waals surface area contributed by atoms with Crippen LogP contribution in [-0.2, 0) is 16.1 Å². The fourth-order valence-corrected chi connectivity index (χ4v) is 5.59. The Bertz CT molecular complexity index is 1170. The number of benzene rings is 1. The van der Waals surface area contributed by atoms with Crippen LogP contribution in [0.1, 0.15) is 49.3 Å². The van der Waals surface area contributed by atoms with Crippen LogP contribution in [0, 0.1) is 0 Å². The Hall–Kier alpha value is -3.64. The minimum Gasteiger partial charge on any atom is -0.493 e. The van der Waals surface area contributed by atoms with E-state index in [1.54, 1.807) is 29.4 Å². The van der Waals surface area contributed by atoms with Crippen LogP contribution in [0.5, 0.6) is 5.75 Å². The van der Waals surface area contributed by atoms with Gasteiger partial charge in [-0.05, 0) is 38.8 Å². The first kappa shape index (κ1) is 27.9. The maximum atomic E-state index is 13.8. The van der Waals surface area contributed by atoms with Gasteiger partial charge in [-0.15, -0.1) is 0 Å². The fraction of sp³-hybridized carbons (Fsp3) is 0.571. The van der Waals surface area contributed by atoms with E-state index in [0.717, 1.165) is 18.7 Å². The quantitative estimate of drug-likeness (QED) is 0.447. The summed E-state index contributed by atoms with van der Waals surface area (Å²) in [5.41, 5.74) is 0.444. The molecule has 1 aromatic heterocycles. The number of carbonyl (C=O) groups is 3. The summed E-state index contributed by atoms with van der Waals surface area (Å²) in [6.45, 7) is 6.29. The van der Waals surface area contributed by atoms with E-state index < -0.39 is 12.1 Å². The molecule has 3 aliphatic heterocycles. The molecule has 2 fully saturated rings. The molecule has 40 heavy (non-hydrogen) atoms. The maximum absolute atomic E-state index is 13.8. The minimum atomic E-state index is -0.720. The Morgan fingerprint density at radius 1 is 1.18 bits per heavy atom. The number of hydrogen-bond acceptors (Lipinski definition) is 7. The molecule has 0 spiro atoms.